The molecule has 0 bridgehead atoms. The third kappa shape index (κ3) is 1.64. The van der Waals surface area contributed by atoms with E-state index in [1.807, 2.05) is 6.07 Å². The maximum atomic E-state index is 11.1. The van der Waals surface area contributed by atoms with Crippen LogP contribution in [0.25, 0.3) is 0 Å². The van der Waals surface area contributed by atoms with Gasteiger partial charge in [0.1, 0.15) is 11.8 Å². The zero-order valence-corrected chi connectivity index (χ0v) is 9.34. The molecule has 0 heterocycles. The van der Waals surface area contributed by atoms with Gasteiger partial charge >= 0.3 is 0 Å². The third-order valence-electron chi connectivity index (χ3n) is 1.96. The maximum absolute atomic E-state index is 11.1. The number of nitriles is 1. The second kappa shape index (κ2) is 3.81. The van der Waals surface area contributed by atoms with Crippen molar-refractivity contribution in [3.63, 3.8) is 0 Å². The Morgan fingerprint density at radius 2 is 2.21 bits per heavy atom. The molecule has 0 aromatic heterocycles. The number of Topliss-reactive ketones (excluding diaryl/α,β-unsaturated/α-hetero) is 1. The topological polar surface area (TPSA) is 61.1 Å². The van der Waals surface area contributed by atoms with Crippen molar-refractivity contribution in [2.45, 2.75) is 13.8 Å². The van der Waals surface area contributed by atoms with Gasteiger partial charge in [-0.15, -0.1) is 0 Å². The average Bonchev–Trinajstić information content (AvgIpc) is 2.14. The fourth-order valence-corrected chi connectivity index (χ4v) is 1.52. The van der Waals surface area contributed by atoms with Gasteiger partial charge in [0.05, 0.1) is 11.1 Å². The van der Waals surface area contributed by atoms with E-state index in [9.17, 15) is 9.90 Å². The van der Waals surface area contributed by atoms with E-state index in [1.54, 1.807) is 6.92 Å². The van der Waals surface area contributed by atoms with Gasteiger partial charge in [0.25, 0.3) is 0 Å². The summed E-state index contributed by atoms with van der Waals surface area (Å²) in [5.74, 6) is -0.321. The largest absolute Gasteiger partial charge is 0.507 e. The molecule has 0 spiro atoms. The lowest BCUT2D eigenvalue weighted by Crippen LogP contribution is -1.97. The highest BCUT2D eigenvalue weighted by Crippen LogP contribution is 2.32. The first kappa shape index (κ1) is 10.7. The zero-order chi connectivity index (χ0) is 10.9. The van der Waals surface area contributed by atoms with Crippen LogP contribution in [0.5, 0.6) is 5.75 Å². The number of carbonyl (C=O) groups excluding carboxylic acids is 1. The number of phenols is 1. The van der Waals surface area contributed by atoms with E-state index in [2.05, 4.69) is 15.9 Å². The Hall–Kier alpha value is -1.34. The van der Waals surface area contributed by atoms with Crippen LogP contribution in [-0.4, -0.2) is 10.9 Å². The van der Waals surface area contributed by atoms with Crippen LogP contribution < -0.4 is 0 Å². The van der Waals surface area contributed by atoms with Crippen molar-refractivity contribution in [2.24, 2.45) is 0 Å². The summed E-state index contributed by atoms with van der Waals surface area (Å²) in [6, 6.07) is 3.33. The number of hydrogen-bond donors (Lipinski definition) is 1. The van der Waals surface area contributed by atoms with Crippen LogP contribution in [0, 0.1) is 18.3 Å². The van der Waals surface area contributed by atoms with Gasteiger partial charge in [-0.2, -0.15) is 5.26 Å². The summed E-state index contributed by atoms with van der Waals surface area (Å²) >= 11 is 3.18. The number of phenolic OH excluding ortho intramolecular Hbond substituents is 1. The maximum Gasteiger partial charge on any atom is 0.163 e. The molecule has 0 atom stereocenters. The molecule has 0 saturated carbocycles. The van der Waals surface area contributed by atoms with Gasteiger partial charge in [0.15, 0.2) is 5.78 Å². The minimum absolute atomic E-state index is 0.0663. The Bertz CT molecular complexity index is 446. The van der Waals surface area contributed by atoms with Crippen molar-refractivity contribution < 1.29 is 9.90 Å². The molecule has 1 N–H and O–H groups in total. The van der Waals surface area contributed by atoms with Crippen molar-refractivity contribution in [2.75, 3.05) is 0 Å². The highest BCUT2D eigenvalue weighted by Gasteiger charge is 2.15. The molecule has 0 aliphatic carbocycles. The van der Waals surface area contributed by atoms with Crippen molar-refractivity contribution in [1.82, 2.24) is 0 Å². The number of hydrogen-bond acceptors (Lipinski definition) is 3. The lowest BCUT2D eigenvalue weighted by Gasteiger charge is -2.07. The Morgan fingerprint density at radius 1 is 1.64 bits per heavy atom. The molecule has 1 rings (SSSR count). The zero-order valence-electron chi connectivity index (χ0n) is 7.76. The van der Waals surface area contributed by atoms with Gasteiger partial charge in [-0.05, 0) is 35.8 Å². The van der Waals surface area contributed by atoms with Crippen LogP contribution in [0.4, 0.5) is 0 Å². The second-order valence-electron chi connectivity index (χ2n) is 2.93. The lowest BCUT2D eigenvalue weighted by atomic mass is 10.0. The summed E-state index contributed by atoms with van der Waals surface area (Å²) in [4.78, 5) is 11.1. The van der Waals surface area contributed by atoms with Gasteiger partial charge in [0, 0.05) is 10.0 Å². The van der Waals surface area contributed by atoms with E-state index in [0.29, 0.717) is 15.6 Å². The smallest absolute Gasteiger partial charge is 0.163 e. The predicted molar refractivity (Wildman–Crippen MR) is 55.3 cm³/mol. The minimum atomic E-state index is -0.255. The van der Waals surface area contributed by atoms with Gasteiger partial charge in [-0.25, -0.2) is 0 Å². The average molecular weight is 254 g/mol. The number of carbonyl (C=O) groups is 1. The summed E-state index contributed by atoms with van der Waals surface area (Å²) in [7, 11) is 0. The molecule has 0 fully saturated rings. The van der Waals surface area contributed by atoms with Crippen LogP contribution in [0.15, 0.2) is 10.5 Å². The molecule has 14 heavy (non-hydrogen) atoms. The summed E-state index contributed by atoms with van der Waals surface area (Å²) in [6.45, 7) is 3.00. The SMILES string of the molecule is CC(=O)c1cc(C#N)c(Br)c(C)c1O. The Morgan fingerprint density at radius 3 is 2.64 bits per heavy atom. The Balaban J connectivity index is 3.59. The molecule has 1 aromatic rings. The fraction of sp³-hybridized carbons (Fsp3) is 0.200. The first-order valence-corrected chi connectivity index (χ1v) is 4.71. The molecule has 0 amide bonds. The van der Waals surface area contributed by atoms with E-state index < -0.39 is 0 Å². The summed E-state index contributed by atoms with van der Waals surface area (Å²) in [5, 5.41) is 18.4. The van der Waals surface area contributed by atoms with Gasteiger partial charge in [-0.3, -0.25) is 4.79 Å². The monoisotopic (exact) mass is 253 g/mol. The van der Waals surface area contributed by atoms with Crippen LogP contribution >= 0.6 is 15.9 Å². The number of nitrogens with zero attached hydrogens (tertiary/aromatic N) is 1. The van der Waals surface area contributed by atoms with E-state index >= 15 is 0 Å². The quantitative estimate of drug-likeness (QED) is 0.783. The van der Waals surface area contributed by atoms with E-state index in [1.165, 1.54) is 13.0 Å². The number of halogens is 1. The van der Waals surface area contributed by atoms with Crippen molar-refractivity contribution in [1.29, 1.82) is 5.26 Å². The normalized spacial score (nSPS) is 9.57. The van der Waals surface area contributed by atoms with Crippen molar-refractivity contribution >= 4 is 21.7 Å². The van der Waals surface area contributed by atoms with E-state index in [4.69, 9.17) is 5.26 Å². The summed E-state index contributed by atoms with van der Waals surface area (Å²) in [5.41, 5.74) is 1.04. The molecule has 0 saturated heterocycles. The highest BCUT2D eigenvalue weighted by molar-refractivity contribution is 9.10. The molecule has 0 aliphatic rings. The molecule has 72 valence electrons. The summed E-state index contributed by atoms with van der Waals surface area (Å²) < 4.78 is 0.530. The molecular formula is C10H8BrNO2. The first-order valence-electron chi connectivity index (χ1n) is 3.92. The molecule has 1 aromatic carbocycles. The first-order chi connectivity index (χ1) is 6.49. The number of aromatic hydroxyl groups is 1. The van der Waals surface area contributed by atoms with Crippen LogP contribution in [0.1, 0.15) is 28.4 Å². The lowest BCUT2D eigenvalue weighted by molar-refractivity contribution is 0.101. The second-order valence-corrected chi connectivity index (χ2v) is 3.72. The van der Waals surface area contributed by atoms with Crippen LogP contribution in [0.3, 0.4) is 0 Å². The fourth-order valence-electron chi connectivity index (χ4n) is 1.13. The van der Waals surface area contributed by atoms with Crippen molar-refractivity contribution in [3.05, 3.63) is 27.2 Å². The van der Waals surface area contributed by atoms with Crippen LogP contribution in [0.2, 0.25) is 0 Å². The number of rotatable bonds is 1. The Kier molecular flexibility index (Phi) is 2.92. The molecule has 3 nitrogen and oxygen atoms in total. The number of ketones is 1. The molecule has 4 heteroatoms. The highest BCUT2D eigenvalue weighted by atomic mass is 79.9. The van der Waals surface area contributed by atoms with Crippen LogP contribution in [-0.2, 0) is 0 Å². The van der Waals surface area contributed by atoms with E-state index in [-0.39, 0.29) is 17.1 Å². The third-order valence-corrected chi connectivity index (χ3v) is 2.99. The van der Waals surface area contributed by atoms with Gasteiger partial charge in [0.2, 0.25) is 0 Å². The predicted octanol–water partition coefficient (Wildman–Crippen LogP) is 2.54. The molecule has 0 aliphatic heterocycles. The van der Waals surface area contributed by atoms with E-state index in [0.717, 1.165) is 0 Å². The van der Waals surface area contributed by atoms with Gasteiger partial charge < -0.3 is 5.11 Å². The van der Waals surface area contributed by atoms with Gasteiger partial charge in [-0.1, -0.05) is 0 Å². The Labute approximate surface area is 90.1 Å². The van der Waals surface area contributed by atoms with Crippen molar-refractivity contribution in [3.8, 4) is 11.8 Å². The molecule has 0 radical (unpaired) electrons. The standard InChI is InChI=1S/C10H8BrNO2/c1-5-9(11)7(4-12)3-8(6(2)13)10(5)14/h3,14H,1-2H3. The summed E-state index contributed by atoms with van der Waals surface area (Å²) in [6.07, 6.45) is 0. The minimum Gasteiger partial charge on any atom is -0.507 e. The number of benzene rings is 1. The molecule has 0 unspecified atom stereocenters. The molecular weight excluding hydrogens is 246 g/mol.